The summed E-state index contributed by atoms with van der Waals surface area (Å²) in [6, 6.07) is -0.726. The zero-order valence-electron chi connectivity index (χ0n) is 38.1. The number of aliphatic hydroxyl groups excluding tert-OH is 2. The number of unbranched alkanes of at least 4 members (excludes halogenated alkanes) is 16. The molecule has 0 spiro atoms. The van der Waals surface area contributed by atoms with E-state index in [1.807, 2.05) is 30.4 Å². The van der Waals surface area contributed by atoms with Crippen LogP contribution in [0.4, 0.5) is 0 Å². The zero-order chi connectivity index (χ0) is 43.1. The molecule has 3 atom stereocenters. The standard InChI is InChI=1S/C53H89NO5/c1-4-7-10-13-16-19-22-24-25-26-28-31-34-37-40-43-46-53(58)59-49(44-41-38-35-32-30-27-23-20-17-14-11-8-5-2)47-52(57)54-50(48-55)51(56)45-42-39-36-33-29-21-18-15-12-9-6-3/h7-8,10-11,14,16-17,19-20,23-25,27-28,30-31,49-51,55-56H,4-6,9,12-13,15,18,21-22,26,29,32-48H2,1-3H3,(H,54,57)/b10-7+,11-8+,17-14+,19-16+,23-20+,25-24+,30-27-,31-28+. The van der Waals surface area contributed by atoms with Crippen molar-refractivity contribution in [1.82, 2.24) is 5.32 Å². The molecule has 6 heteroatoms. The number of carbonyl (C=O) groups excluding carboxylic acids is 2. The third-order valence-corrected chi connectivity index (χ3v) is 10.3. The van der Waals surface area contributed by atoms with Crippen LogP contribution in [0.25, 0.3) is 0 Å². The van der Waals surface area contributed by atoms with E-state index >= 15 is 0 Å². The minimum atomic E-state index is -0.808. The summed E-state index contributed by atoms with van der Waals surface area (Å²) >= 11 is 0. The maximum atomic E-state index is 13.2. The van der Waals surface area contributed by atoms with Gasteiger partial charge in [0.15, 0.2) is 0 Å². The second kappa shape index (κ2) is 45.9. The first kappa shape index (κ1) is 55.8. The average Bonchev–Trinajstić information content (AvgIpc) is 3.23. The number of amides is 1. The Kier molecular flexibility index (Phi) is 43.4. The van der Waals surface area contributed by atoms with Crippen LogP contribution >= 0.6 is 0 Å². The summed E-state index contributed by atoms with van der Waals surface area (Å²) in [5.74, 6) is -0.560. The fraction of sp³-hybridized carbons (Fsp3) is 0.660. The lowest BCUT2D eigenvalue weighted by molar-refractivity contribution is -0.151. The van der Waals surface area contributed by atoms with Crippen LogP contribution in [0, 0.1) is 0 Å². The van der Waals surface area contributed by atoms with Gasteiger partial charge in [0.2, 0.25) is 5.91 Å². The monoisotopic (exact) mass is 820 g/mol. The number of ether oxygens (including phenoxy) is 1. The third kappa shape index (κ3) is 41.3. The summed E-state index contributed by atoms with van der Waals surface area (Å²) in [5.41, 5.74) is 0. The largest absolute Gasteiger partial charge is 0.462 e. The van der Waals surface area contributed by atoms with Gasteiger partial charge in [-0.05, 0) is 83.5 Å². The summed E-state index contributed by atoms with van der Waals surface area (Å²) in [5, 5.41) is 23.7. The van der Waals surface area contributed by atoms with Crippen LogP contribution < -0.4 is 5.32 Å². The highest BCUT2D eigenvalue weighted by Gasteiger charge is 2.24. The van der Waals surface area contributed by atoms with Crippen molar-refractivity contribution >= 4 is 11.9 Å². The van der Waals surface area contributed by atoms with E-state index in [9.17, 15) is 19.8 Å². The number of allylic oxidation sites excluding steroid dienone is 16. The second-order valence-electron chi connectivity index (χ2n) is 15.8. The normalized spacial score (nSPS) is 14.2. The van der Waals surface area contributed by atoms with E-state index in [4.69, 9.17) is 4.74 Å². The summed E-state index contributed by atoms with van der Waals surface area (Å²) in [6.45, 7) is 6.18. The fourth-order valence-electron chi connectivity index (χ4n) is 6.67. The number of aliphatic hydroxyl groups is 2. The van der Waals surface area contributed by atoms with E-state index in [2.05, 4.69) is 92.9 Å². The van der Waals surface area contributed by atoms with Gasteiger partial charge in [-0.3, -0.25) is 9.59 Å². The van der Waals surface area contributed by atoms with Crippen LogP contribution in [-0.4, -0.2) is 46.9 Å². The molecule has 0 bridgehead atoms. The maximum absolute atomic E-state index is 13.2. The third-order valence-electron chi connectivity index (χ3n) is 10.3. The molecule has 0 aromatic heterocycles. The molecule has 3 unspecified atom stereocenters. The minimum Gasteiger partial charge on any atom is -0.462 e. The molecule has 0 saturated heterocycles. The Hall–Kier alpha value is -3.22. The average molecular weight is 820 g/mol. The Bertz CT molecular complexity index is 1190. The smallest absolute Gasteiger partial charge is 0.306 e. The van der Waals surface area contributed by atoms with E-state index in [0.29, 0.717) is 19.3 Å². The lowest BCUT2D eigenvalue weighted by Gasteiger charge is -2.24. The van der Waals surface area contributed by atoms with Crippen LogP contribution in [-0.2, 0) is 14.3 Å². The molecular weight excluding hydrogens is 731 g/mol. The highest BCUT2D eigenvalue weighted by molar-refractivity contribution is 5.77. The van der Waals surface area contributed by atoms with Crippen molar-refractivity contribution in [3.8, 4) is 0 Å². The Morgan fingerprint density at radius 2 is 1.00 bits per heavy atom. The van der Waals surface area contributed by atoms with E-state index in [1.165, 1.54) is 51.4 Å². The molecule has 0 aliphatic carbocycles. The van der Waals surface area contributed by atoms with Crippen molar-refractivity contribution < 1.29 is 24.5 Å². The molecule has 0 saturated carbocycles. The van der Waals surface area contributed by atoms with Gasteiger partial charge in [0.1, 0.15) is 6.10 Å². The lowest BCUT2D eigenvalue weighted by atomic mass is 10.0. The van der Waals surface area contributed by atoms with Gasteiger partial charge in [-0.2, -0.15) is 0 Å². The molecule has 0 aromatic rings. The predicted molar refractivity (Wildman–Crippen MR) is 254 cm³/mol. The van der Waals surface area contributed by atoms with Crippen LogP contribution in [0.2, 0.25) is 0 Å². The number of hydrogen-bond acceptors (Lipinski definition) is 5. The van der Waals surface area contributed by atoms with Crippen molar-refractivity contribution in [3.63, 3.8) is 0 Å². The van der Waals surface area contributed by atoms with E-state index in [-0.39, 0.29) is 24.9 Å². The maximum Gasteiger partial charge on any atom is 0.306 e. The van der Waals surface area contributed by atoms with Crippen LogP contribution in [0.15, 0.2) is 97.2 Å². The SMILES string of the molecule is CC/C=C/C=C/C=C/C=C\CCCCCC(CC(=O)NC(CO)C(O)CCCCCCCCCCCCC)OC(=O)CCCCC/C=C/C/C=C/C/C=C/C/C=C/CC. The van der Waals surface area contributed by atoms with Crippen molar-refractivity contribution in [2.24, 2.45) is 0 Å². The molecule has 59 heavy (non-hydrogen) atoms. The predicted octanol–water partition coefficient (Wildman–Crippen LogP) is 14.2. The van der Waals surface area contributed by atoms with Gasteiger partial charge in [-0.1, -0.05) is 201 Å². The zero-order valence-corrected chi connectivity index (χ0v) is 38.1. The lowest BCUT2D eigenvalue weighted by Crippen LogP contribution is -2.46. The Labute approximate surface area is 363 Å². The number of hydrogen-bond donors (Lipinski definition) is 3. The molecule has 3 N–H and O–H groups in total. The molecule has 0 heterocycles. The van der Waals surface area contributed by atoms with Gasteiger partial charge >= 0.3 is 5.97 Å². The molecule has 0 rings (SSSR count). The van der Waals surface area contributed by atoms with Gasteiger partial charge < -0.3 is 20.3 Å². The number of rotatable bonds is 41. The minimum absolute atomic E-state index is 0.0326. The van der Waals surface area contributed by atoms with E-state index in [0.717, 1.165) is 103 Å². The molecule has 6 nitrogen and oxygen atoms in total. The molecule has 0 aromatic carbocycles. The van der Waals surface area contributed by atoms with Crippen molar-refractivity contribution in [2.75, 3.05) is 6.61 Å². The van der Waals surface area contributed by atoms with Gasteiger partial charge in [0.25, 0.3) is 0 Å². The van der Waals surface area contributed by atoms with Crippen molar-refractivity contribution in [1.29, 1.82) is 0 Å². The topological polar surface area (TPSA) is 95.9 Å². The molecule has 0 fully saturated rings. The quantitative estimate of drug-likeness (QED) is 0.0247. The van der Waals surface area contributed by atoms with E-state index < -0.39 is 18.2 Å². The summed E-state index contributed by atoms with van der Waals surface area (Å²) < 4.78 is 5.88. The van der Waals surface area contributed by atoms with Crippen LogP contribution in [0.1, 0.15) is 201 Å². The van der Waals surface area contributed by atoms with Crippen molar-refractivity contribution in [2.45, 2.75) is 219 Å². The highest BCUT2D eigenvalue weighted by atomic mass is 16.5. The second-order valence-corrected chi connectivity index (χ2v) is 15.8. The van der Waals surface area contributed by atoms with Gasteiger partial charge in [0, 0.05) is 6.42 Å². The first-order valence-electron chi connectivity index (χ1n) is 24.0. The molecule has 1 amide bonds. The van der Waals surface area contributed by atoms with Crippen molar-refractivity contribution in [3.05, 3.63) is 97.2 Å². The Balaban J connectivity index is 4.73. The highest BCUT2D eigenvalue weighted by Crippen LogP contribution is 2.16. The molecular formula is C53H89NO5. The summed E-state index contributed by atoms with van der Waals surface area (Å²) in [6.07, 6.45) is 60.3. The first-order chi connectivity index (χ1) is 29.0. The van der Waals surface area contributed by atoms with E-state index in [1.54, 1.807) is 0 Å². The van der Waals surface area contributed by atoms with Gasteiger partial charge in [-0.15, -0.1) is 0 Å². The number of nitrogens with one attached hydrogen (secondary N) is 1. The van der Waals surface area contributed by atoms with Gasteiger partial charge in [0.05, 0.1) is 25.2 Å². The number of esters is 1. The van der Waals surface area contributed by atoms with Gasteiger partial charge in [-0.25, -0.2) is 0 Å². The Morgan fingerprint density at radius 1 is 0.525 bits per heavy atom. The molecule has 0 radical (unpaired) electrons. The number of carbonyl (C=O) groups is 2. The molecule has 336 valence electrons. The molecule has 0 aliphatic heterocycles. The Morgan fingerprint density at radius 3 is 1.59 bits per heavy atom. The van der Waals surface area contributed by atoms with Crippen LogP contribution in [0.5, 0.6) is 0 Å². The summed E-state index contributed by atoms with van der Waals surface area (Å²) in [7, 11) is 0. The van der Waals surface area contributed by atoms with Crippen LogP contribution in [0.3, 0.4) is 0 Å². The molecule has 0 aliphatic rings. The fourth-order valence-corrected chi connectivity index (χ4v) is 6.67. The summed E-state index contributed by atoms with van der Waals surface area (Å²) in [4.78, 5) is 26.1. The first-order valence-corrected chi connectivity index (χ1v) is 24.0.